The minimum Gasteiger partial charge on any atom is -0.396 e. The predicted octanol–water partition coefficient (Wildman–Crippen LogP) is -0.299. The molecule has 0 radical (unpaired) electrons. The van der Waals surface area contributed by atoms with Crippen LogP contribution in [0, 0.1) is 0 Å². The molecule has 1 aliphatic rings. The van der Waals surface area contributed by atoms with E-state index in [1.165, 1.54) is 0 Å². The smallest absolute Gasteiger partial charge is 0.345 e. The molecule has 1 aromatic rings. The Bertz CT molecular complexity index is 410. The van der Waals surface area contributed by atoms with Crippen LogP contribution in [-0.4, -0.2) is 32.6 Å². The van der Waals surface area contributed by atoms with E-state index < -0.39 is 0 Å². The van der Waals surface area contributed by atoms with Gasteiger partial charge in [-0.2, -0.15) is 5.10 Å². The Morgan fingerprint density at radius 2 is 2.12 bits per heavy atom. The van der Waals surface area contributed by atoms with E-state index in [-0.39, 0.29) is 12.3 Å². The Balaban J connectivity index is 1.88. The summed E-state index contributed by atoms with van der Waals surface area (Å²) in [4.78, 5) is 11.9. The van der Waals surface area contributed by atoms with E-state index in [1.807, 2.05) is 0 Å². The van der Waals surface area contributed by atoms with Crippen LogP contribution < -0.4 is 11.0 Å². The maximum absolute atomic E-state index is 11.9. The van der Waals surface area contributed by atoms with E-state index in [4.69, 9.17) is 5.11 Å². The van der Waals surface area contributed by atoms with Gasteiger partial charge in [0.1, 0.15) is 5.82 Å². The summed E-state index contributed by atoms with van der Waals surface area (Å²) < 4.78 is 3.32. The monoisotopic (exact) mass is 240 g/mol. The molecule has 2 heterocycles. The van der Waals surface area contributed by atoms with Crippen LogP contribution in [0.5, 0.6) is 0 Å². The van der Waals surface area contributed by atoms with Crippen LogP contribution in [0.4, 0.5) is 0 Å². The number of aromatic nitrogens is 3. The molecule has 0 aliphatic carbocycles. The molecule has 0 aromatic carbocycles. The lowest BCUT2D eigenvalue weighted by molar-refractivity contribution is 0.282. The summed E-state index contributed by atoms with van der Waals surface area (Å²) in [5.41, 5.74) is 0.0173. The van der Waals surface area contributed by atoms with E-state index in [0.717, 1.165) is 44.6 Å². The molecule has 0 fully saturated rings. The van der Waals surface area contributed by atoms with Gasteiger partial charge in [-0.15, -0.1) is 0 Å². The fourth-order valence-corrected chi connectivity index (χ4v) is 2.10. The van der Waals surface area contributed by atoms with Gasteiger partial charge in [0.25, 0.3) is 0 Å². The molecule has 6 nitrogen and oxygen atoms in total. The van der Waals surface area contributed by atoms with Crippen LogP contribution in [0.2, 0.25) is 0 Å². The third-order valence-electron chi connectivity index (χ3n) is 3.07. The minimum atomic E-state index is 0.0173. The number of fused-ring (bicyclic) bond motifs is 1. The topological polar surface area (TPSA) is 72.1 Å². The highest BCUT2D eigenvalue weighted by Crippen LogP contribution is 2.02. The van der Waals surface area contributed by atoms with E-state index >= 15 is 0 Å². The lowest BCUT2D eigenvalue weighted by atomic mass is 10.2. The summed E-state index contributed by atoms with van der Waals surface area (Å²) in [6.45, 7) is 3.19. The minimum absolute atomic E-state index is 0.0173. The van der Waals surface area contributed by atoms with Gasteiger partial charge in [-0.05, 0) is 12.8 Å². The number of hydrogen-bond donors (Lipinski definition) is 2. The van der Waals surface area contributed by atoms with E-state index in [9.17, 15) is 4.79 Å². The number of aryl methyl sites for hydroxylation is 1. The largest absolute Gasteiger partial charge is 0.396 e. The number of hydrogen-bond acceptors (Lipinski definition) is 4. The molecule has 0 saturated heterocycles. The Labute approximate surface area is 100 Å². The second-order valence-electron chi connectivity index (χ2n) is 4.39. The second kappa shape index (κ2) is 5.97. The number of rotatable bonds is 6. The van der Waals surface area contributed by atoms with E-state index in [0.29, 0.717) is 13.1 Å². The Morgan fingerprint density at radius 1 is 1.29 bits per heavy atom. The Kier molecular flexibility index (Phi) is 4.33. The normalized spacial score (nSPS) is 14.9. The highest BCUT2D eigenvalue weighted by Gasteiger charge is 2.15. The molecular weight excluding hydrogens is 220 g/mol. The molecule has 0 bridgehead atoms. The highest BCUT2D eigenvalue weighted by atomic mass is 16.2. The fraction of sp³-hybridized carbons (Fsp3) is 0.818. The third-order valence-corrected chi connectivity index (χ3v) is 3.07. The van der Waals surface area contributed by atoms with Gasteiger partial charge in [0.05, 0.1) is 6.54 Å². The quantitative estimate of drug-likeness (QED) is 0.670. The SMILES string of the molecule is O=c1n(CCCCCCO)nc2n1CCNC2. The molecule has 1 aromatic heterocycles. The summed E-state index contributed by atoms with van der Waals surface area (Å²) in [7, 11) is 0. The van der Waals surface area contributed by atoms with Crippen molar-refractivity contribution >= 4 is 0 Å². The molecule has 0 amide bonds. The predicted molar refractivity (Wildman–Crippen MR) is 63.7 cm³/mol. The molecule has 6 heteroatoms. The fourth-order valence-electron chi connectivity index (χ4n) is 2.10. The van der Waals surface area contributed by atoms with Gasteiger partial charge < -0.3 is 10.4 Å². The summed E-state index contributed by atoms with van der Waals surface area (Å²) in [6, 6.07) is 0. The number of nitrogens with one attached hydrogen (secondary N) is 1. The number of nitrogens with zero attached hydrogens (tertiary/aromatic N) is 3. The van der Waals surface area contributed by atoms with E-state index in [1.54, 1.807) is 9.25 Å². The van der Waals surface area contributed by atoms with Crippen LogP contribution in [0.25, 0.3) is 0 Å². The molecule has 2 N–H and O–H groups in total. The average Bonchev–Trinajstić information content (AvgIpc) is 2.67. The second-order valence-corrected chi connectivity index (χ2v) is 4.39. The molecule has 0 unspecified atom stereocenters. The van der Waals surface area contributed by atoms with E-state index in [2.05, 4.69) is 10.4 Å². The molecule has 0 spiro atoms. The number of unbranched alkanes of at least 4 members (excludes halogenated alkanes) is 3. The third kappa shape index (κ3) is 2.95. The van der Waals surface area contributed by atoms with Gasteiger partial charge in [0.2, 0.25) is 0 Å². The van der Waals surface area contributed by atoms with Crippen molar-refractivity contribution in [3.8, 4) is 0 Å². The van der Waals surface area contributed by atoms with Crippen LogP contribution in [0.3, 0.4) is 0 Å². The van der Waals surface area contributed by atoms with Gasteiger partial charge >= 0.3 is 5.69 Å². The molecule has 0 saturated carbocycles. The Hall–Kier alpha value is -1.14. The summed E-state index contributed by atoms with van der Waals surface area (Å²) >= 11 is 0. The van der Waals surface area contributed by atoms with Crippen molar-refractivity contribution in [2.75, 3.05) is 13.2 Å². The first-order valence-electron chi connectivity index (χ1n) is 6.31. The number of aliphatic hydroxyl groups excluding tert-OH is 1. The lowest BCUT2D eigenvalue weighted by Crippen LogP contribution is -2.34. The van der Waals surface area contributed by atoms with Crippen molar-refractivity contribution in [1.29, 1.82) is 0 Å². The first-order chi connectivity index (χ1) is 8.33. The van der Waals surface area contributed by atoms with Gasteiger partial charge in [-0.1, -0.05) is 12.8 Å². The molecule has 2 rings (SSSR count). The molecule has 1 aliphatic heterocycles. The van der Waals surface area contributed by atoms with Crippen molar-refractivity contribution in [3.63, 3.8) is 0 Å². The van der Waals surface area contributed by atoms with Gasteiger partial charge in [0.15, 0.2) is 0 Å². The average molecular weight is 240 g/mol. The standard InChI is InChI=1S/C11H20N4O2/c16-8-4-2-1-3-6-15-11(17)14-7-5-12-9-10(14)13-15/h12,16H,1-9H2. The Morgan fingerprint density at radius 3 is 2.88 bits per heavy atom. The van der Waals surface area contributed by atoms with Crippen LogP contribution in [-0.2, 0) is 19.6 Å². The summed E-state index contributed by atoms with van der Waals surface area (Å²) in [5, 5.41) is 16.2. The van der Waals surface area contributed by atoms with Crippen LogP contribution in [0.15, 0.2) is 4.79 Å². The highest BCUT2D eigenvalue weighted by molar-refractivity contribution is 4.90. The first-order valence-corrected chi connectivity index (χ1v) is 6.31. The van der Waals surface area contributed by atoms with Crippen molar-refractivity contribution in [2.45, 2.75) is 45.3 Å². The van der Waals surface area contributed by atoms with Crippen LogP contribution in [0.1, 0.15) is 31.5 Å². The maximum atomic E-state index is 11.9. The van der Waals surface area contributed by atoms with Crippen molar-refractivity contribution in [1.82, 2.24) is 19.7 Å². The first kappa shape index (κ1) is 12.3. The zero-order valence-electron chi connectivity index (χ0n) is 10.1. The van der Waals surface area contributed by atoms with Gasteiger partial charge in [0, 0.05) is 26.2 Å². The zero-order chi connectivity index (χ0) is 12.1. The van der Waals surface area contributed by atoms with Gasteiger partial charge in [-0.25, -0.2) is 9.48 Å². The van der Waals surface area contributed by atoms with Crippen molar-refractivity contribution in [3.05, 3.63) is 16.3 Å². The van der Waals surface area contributed by atoms with Gasteiger partial charge in [-0.3, -0.25) is 4.57 Å². The molecule has 17 heavy (non-hydrogen) atoms. The lowest BCUT2D eigenvalue weighted by Gasteiger charge is -2.11. The molecule has 0 atom stereocenters. The van der Waals surface area contributed by atoms with Crippen molar-refractivity contribution < 1.29 is 5.11 Å². The number of aliphatic hydroxyl groups is 1. The van der Waals surface area contributed by atoms with Crippen LogP contribution >= 0.6 is 0 Å². The maximum Gasteiger partial charge on any atom is 0.345 e. The molecular formula is C11H20N4O2. The zero-order valence-corrected chi connectivity index (χ0v) is 10.1. The molecule has 96 valence electrons. The summed E-state index contributed by atoms with van der Waals surface area (Å²) in [5.74, 6) is 0.844. The van der Waals surface area contributed by atoms with Crippen molar-refractivity contribution in [2.24, 2.45) is 0 Å². The summed E-state index contributed by atoms with van der Waals surface area (Å²) in [6.07, 6.45) is 3.84.